The van der Waals surface area contributed by atoms with Crippen molar-refractivity contribution in [3.63, 3.8) is 0 Å². The van der Waals surface area contributed by atoms with Crippen molar-refractivity contribution in [2.75, 3.05) is 0 Å². The number of aromatic carboxylic acids is 1. The van der Waals surface area contributed by atoms with Gasteiger partial charge in [-0.1, -0.05) is 11.6 Å². The van der Waals surface area contributed by atoms with Crippen LogP contribution in [0.2, 0.25) is 5.15 Å². The fourth-order valence-corrected chi connectivity index (χ4v) is 1.57. The lowest BCUT2D eigenvalue weighted by Gasteiger charge is -2.06. The maximum Gasteiger partial charge on any atom is 0.335 e. The van der Waals surface area contributed by atoms with E-state index in [-0.39, 0.29) is 16.6 Å². The second kappa shape index (κ2) is 5.38. The molecular formula is C13H7ClN2O3. The van der Waals surface area contributed by atoms with Crippen LogP contribution in [-0.2, 0) is 0 Å². The van der Waals surface area contributed by atoms with Crippen LogP contribution in [0.25, 0.3) is 0 Å². The molecule has 0 saturated heterocycles. The van der Waals surface area contributed by atoms with Crippen molar-refractivity contribution in [3.8, 4) is 17.7 Å². The van der Waals surface area contributed by atoms with Gasteiger partial charge in [-0.15, -0.1) is 0 Å². The molecule has 0 amide bonds. The summed E-state index contributed by atoms with van der Waals surface area (Å²) >= 11 is 5.71. The molecule has 0 bridgehead atoms. The molecule has 1 aromatic heterocycles. The lowest BCUT2D eigenvalue weighted by Crippen LogP contribution is -1.98. The van der Waals surface area contributed by atoms with Crippen molar-refractivity contribution < 1.29 is 14.6 Å². The van der Waals surface area contributed by atoms with Crippen molar-refractivity contribution in [2.24, 2.45) is 0 Å². The predicted molar refractivity (Wildman–Crippen MR) is 67.4 cm³/mol. The second-order valence-corrected chi connectivity index (χ2v) is 3.95. The number of hydrogen-bond donors (Lipinski definition) is 1. The quantitative estimate of drug-likeness (QED) is 0.870. The van der Waals surface area contributed by atoms with Crippen LogP contribution in [0.5, 0.6) is 11.6 Å². The number of carbonyl (C=O) groups is 1. The zero-order valence-corrected chi connectivity index (χ0v) is 10.3. The molecule has 0 fully saturated rings. The molecule has 0 atom stereocenters. The third kappa shape index (κ3) is 3.21. The maximum absolute atomic E-state index is 10.9. The summed E-state index contributed by atoms with van der Waals surface area (Å²) in [7, 11) is 0. The van der Waals surface area contributed by atoms with Crippen LogP contribution in [0.3, 0.4) is 0 Å². The largest absolute Gasteiger partial charge is 0.478 e. The van der Waals surface area contributed by atoms with Gasteiger partial charge in [0.05, 0.1) is 17.2 Å². The molecule has 2 rings (SSSR count). The first-order valence-corrected chi connectivity index (χ1v) is 5.55. The van der Waals surface area contributed by atoms with Gasteiger partial charge in [-0.3, -0.25) is 0 Å². The predicted octanol–water partition coefficient (Wildman–Crippen LogP) is 3.10. The van der Waals surface area contributed by atoms with Crippen LogP contribution < -0.4 is 4.74 Å². The van der Waals surface area contributed by atoms with Crippen LogP contribution in [-0.4, -0.2) is 16.1 Å². The molecule has 0 saturated carbocycles. The van der Waals surface area contributed by atoms with E-state index in [0.29, 0.717) is 11.3 Å². The number of aromatic nitrogens is 1. The first-order chi connectivity index (χ1) is 9.08. The number of ether oxygens (including phenoxy) is 1. The van der Waals surface area contributed by atoms with Crippen molar-refractivity contribution >= 4 is 17.6 Å². The monoisotopic (exact) mass is 274 g/mol. The van der Waals surface area contributed by atoms with Gasteiger partial charge in [0.25, 0.3) is 0 Å². The number of nitrogens with zero attached hydrogens (tertiary/aromatic N) is 2. The molecule has 1 aromatic carbocycles. The molecule has 1 heterocycles. The Labute approximate surface area is 113 Å². The van der Waals surface area contributed by atoms with Gasteiger partial charge < -0.3 is 9.84 Å². The normalized spacial score (nSPS) is 9.68. The number of nitriles is 1. The fraction of sp³-hybridized carbons (Fsp3) is 0. The zero-order valence-electron chi connectivity index (χ0n) is 9.50. The van der Waals surface area contributed by atoms with Crippen molar-refractivity contribution in [2.45, 2.75) is 0 Å². The first-order valence-electron chi connectivity index (χ1n) is 5.17. The van der Waals surface area contributed by atoms with E-state index in [0.717, 1.165) is 0 Å². The summed E-state index contributed by atoms with van der Waals surface area (Å²) in [6.07, 6.45) is 0. The SMILES string of the molecule is N#Cc1ccc(Oc2cc(C(=O)O)cc(Cl)n2)cc1. The molecule has 0 aliphatic heterocycles. The molecule has 0 radical (unpaired) electrons. The van der Waals surface area contributed by atoms with Gasteiger partial charge in [-0.2, -0.15) is 5.26 Å². The van der Waals surface area contributed by atoms with Crippen LogP contribution in [0.15, 0.2) is 36.4 Å². The third-order valence-corrected chi connectivity index (χ3v) is 2.42. The molecular weight excluding hydrogens is 268 g/mol. The van der Waals surface area contributed by atoms with Crippen molar-refractivity contribution in [3.05, 3.63) is 52.7 Å². The highest BCUT2D eigenvalue weighted by Gasteiger charge is 2.09. The Balaban J connectivity index is 2.27. The van der Waals surface area contributed by atoms with E-state index < -0.39 is 5.97 Å². The molecule has 19 heavy (non-hydrogen) atoms. The van der Waals surface area contributed by atoms with Crippen LogP contribution >= 0.6 is 11.6 Å². The Morgan fingerprint density at radius 1 is 1.32 bits per heavy atom. The summed E-state index contributed by atoms with van der Waals surface area (Å²) in [5, 5.41) is 17.6. The standard InChI is InChI=1S/C13H7ClN2O3/c14-11-5-9(13(17)18)6-12(16-11)19-10-3-1-8(7-15)2-4-10/h1-6H,(H,17,18). The summed E-state index contributed by atoms with van der Waals surface area (Å²) in [6.45, 7) is 0. The topological polar surface area (TPSA) is 83.2 Å². The van der Waals surface area contributed by atoms with E-state index in [9.17, 15) is 4.79 Å². The molecule has 0 spiro atoms. The van der Waals surface area contributed by atoms with Crippen molar-refractivity contribution in [1.29, 1.82) is 5.26 Å². The van der Waals surface area contributed by atoms with Gasteiger partial charge in [0.1, 0.15) is 10.9 Å². The van der Waals surface area contributed by atoms with E-state index in [4.69, 9.17) is 26.7 Å². The minimum Gasteiger partial charge on any atom is -0.478 e. The number of hydrogen-bond acceptors (Lipinski definition) is 4. The van der Waals surface area contributed by atoms with Crippen LogP contribution in [0.4, 0.5) is 0 Å². The Morgan fingerprint density at radius 2 is 2.00 bits per heavy atom. The summed E-state index contributed by atoms with van der Waals surface area (Å²) in [5.41, 5.74) is 0.487. The summed E-state index contributed by atoms with van der Waals surface area (Å²) in [4.78, 5) is 14.7. The van der Waals surface area contributed by atoms with E-state index in [1.54, 1.807) is 24.3 Å². The smallest absolute Gasteiger partial charge is 0.335 e. The molecule has 1 N–H and O–H groups in total. The Hall–Kier alpha value is -2.58. The van der Waals surface area contributed by atoms with Crippen LogP contribution in [0, 0.1) is 11.3 Å². The summed E-state index contributed by atoms with van der Waals surface area (Å²) < 4.78 is 5.38. The number of carboxylic acid groups (broad SMARTS) is 1. The molecule has 0 aliphatic carbocycles. The highest BCUT2D eigenvalue weighted by Crippen LogP contribution is 2.23. The Kier molecular flexibility index (Phi) is 3.64. The van der Waals surface area contributed by atoms with Gasteiger partial charge >= 0.3 is 5.97 Å². The number of carboxylic acids is 1. The van der Waals surface area contributed by atoms with Gasteiger partial charge in [0.15, 0.2) is 0 Å². The number of benzene rings is 1. The van der Waals surface area contributed by atoms with E-state index in [2.05, 4.69) is 4.98 Å². The van der Waals surface area contributed by atoms with Gasteiger partial charge in [0.2, 0.25) is 5.88 Å². The third-order valence-electron chi connectivity index (χ3n) is 2.22. The molecule has 2 aromatic rings. The lowest BCUT2D eigenvalue weighted by atomic mass is 10.2. The number of rotatable bonds is 3. The van der Waals surface area contributed by atoms with E-state index >= 15 is 0 Å². The van der Waals surface area contributed by atoms with E-state index in [1.807, 2.05) is 6.07 Å². The van der Waals surface area contributed by atoms with Gasteiger partial charge in [-0.25, -0.2) is 9.78 Å². The highest BCUT2D eigenvalue weighted by atomic mass is 35.5. The molecule has 0 aliphatic rings. The highest BCUT2D eigenvalue weighted by molar-refractivity contribution is 6.29. The maximum atomic E-state index is 10.9. The minimum absolute atomic E-state index is 0.0105. The molecule has 0 unspecified atom stereocenters. The average molecular weight is 275 g/mol. The minimum atomic E-state index is -1.12. The Bertz CT molecular complexity index is 663. The second-order valence-electron chi connectivity index (χ2n) is 3.56. The Morgan fingerprint density at radius 3 is 2.58 bits per heavy atom. The zero-order chi connectivity index (χ0) is 13.8. The summed E-state index contributed by atoms with van der Waals surface area (Å²) in [6, 6.07) is 10.8. The molecule has 5 nitrogen and oxygen atoms in total. The average Bonchev–Trinajstić information content (AvgIpc) is 2.39. The lowest BCUT2D eigenvalue weighted by molar-refractivity contribution is 0.0696. The van der Waals surface area contributed by atoms with E-state index in [1.165, 1.54) is 12.1 Å². The molecule has 94 valence electrons. The number of pyridine rings is 1. The van der Waals surface area contributed by atoms with Crippen molar-refractivity contribution in [1.82, 2.24) is 4.98 Å². The van der Waals surface area contributed by atoms with Gasteiger partial charge in [0, 0.05) is 6.07 Å². The first kappa shape index (κ1) is 12.9. The molecule has 6 heteroatoms. The fourth-order valence-electron chi connectivity index (χ4n) is 1.37. The van der Waals surface area contributed by atoms with Crippen LogP contribution in [0.1, 0.15) is 15.9 Å². The summed E-state index contributed by atoms with van der Waals surface area (Å²) in [5.74, 6) is -0.603. The number of halogens is 1. The van der Waals surface area contributed by atoms with Gasteiger partial charge in [-0.05, 0) is 30.3 Å².